The third kappa shape index (κ3) is 1.48. The molecule has 0 bridgehead atoms. The molecule has 16 heavy (non-hydrogen) atoms. The van der Waals surface area contributed by atoms with Gasteiger partial charge in [0.25, 0.3) is 0 Å². The fourth-order valence-electron chi connectivity index (χ4n) is 1.77. The molecule has 0 fully saturated rings. The molecule has 0 spiro atoms. The van der Waals surface area contributed by atoms with Crippen molar-refractivity contribution in [2.24, 2.45) is 15.8 Å². The van der Waals surface area contributed by atoms with Crippen LogP contribution in [0, 0.1) is 0 Å². The van der Waals surface area contributed by atoms with Gasteiger partial charge in [0.15, 0.2) is 5.84 Å². The van der Waals surface area contributed by atoms with Crippen molar-refractivity contribution >= 4 is 18.1 Å². The molecule has 2 heterocycles. The number of rotatable bonds is 2. The van der Waals surface area contributed by atoms with E-state index in [4.69, 9.17) is 10.8 Å². The first-order chi connectivity index (χ1) is 7.65. The van der Waals surface area contributed by atoms with Crippen molar-refractivity contribution in [3.63, 3.8) is 0 Å². The van der Waals surface area contributed by atoms with E-state index >= 15 is 0 Å². The maximum absolute atomic E-state index is 11.0. The quantitative estimate of drug-likeness (QED) is 0.714. The number of allylic oxidation sites excluding steroid dienone is 2. The molecule has 0 atom stereocenters. The number of aliphatic carboxylic acids is 1. The van der Waals surface area contributed by atoms with Crippen LogP contribution in [0.4, 0.5) is 0 Å². The van der Waals surface area contributed by atoms with Gasteiger partial charge in [0.2, 0.25) is 0 Å². The molecule has 3 N–H and O–H groups in total. The molecule has 2 rings (SSSR count). The summed E-state index contributed by atoms with van der Waals surface area (Å²) in [4.78, 5) is 14.9. The van der Waals surface area contributed by atoms with Crippen molar-refractivity contribution < 1.29 is 9.90 Å². The van der Waals surface area contributed by atoms with Crippen LogP contribution in [0.3, 0.4) is 0 Å². The minimum atomic E-state index is -1.01. The van der Waals surface area contributed by atoms with Crippen molar-refractivity contribution in [1.29, 1.82) is 0 Å². The van der Waals surface area contributed by atoms with Crippen LogP contribution in [-0.2, 0) is 4.79 Å². The molecule has 0 aromatic rings. The fourth-order valence-corrected chi connectivity index (χ4v) is 1.77. The Hall–Kier alpha value is -2.11. The highest BCUT2D eigenvalue weighted by atomic mass is 16.4. The number of amidine groups is 1. The van der Waals surface area contributed by atoms with Crippen LogP contribution in [0.2, 0.25) is 0 Å². The van der Waals surface area contributed by atoms with Crippen LogP contribution in [0.1, 0.15) is 19.8 Å². The van der Waals surface area contributed by atoms with Gasteiger partial charge in [-0.3, -0.25) is 0 Å². The van der Waals surface area contributed by atoms with Gasteiger partial charge < -0.3 is 10.8 Å². The molecule has 0 aromatic heterocycles. The van der Waals surface area contributed by atoms with Crippen molar-refractivity contribution in [2.75, 3.05) is 0 Å². The third-order valence-electron chi connectivity index (χ3n) is 2.57. The summed E-state index contributed by atoms with van der Waals surface area (Å²) in [6.07, 6.45) is 4.27. The predicted octanol–water partition coefficient (Wildman–Crippen LogP) is 0.639. The van der Waals surface area contributed by atoms with Gasteiger partial charge in [-0.1, -0.05) is 6.92 Å². The van der Waals surface area contributed by atoms with Gasteiger partial charge in [0, 0.05) is 0 Å². The summed E-state index contributed by atoms with van der Waals surface area (Å²) in [7, 11) is 0. The van der Waals surface area contributed by atoms with Crippen LogP contribution in [0.15, 0.2) is 33.1 Å². The molecule has 0 saturated carbocycles. The van der Waals surface area contributed by atoms with Gasteiger partial charge >= 0.3 is 5.97 Å². The standard InChI is InChI=1S/C10H12N4O2/c1-2-6-3-4-7(10(15)16)14-8(6)9(11)12-5-13-14/h4-5H,2-3H2,1H3,(H,15,16)(H2,11,12,13). The second kappa shape index (κ2) is 3.80. The Bertz CT molecular complexity index is 459. The van der Waals surface area contributed by atoms with E-state index < -0.39 is 5.97 Å². The average Bonchev–Trinajstić information content (AvgIpc) is 2.27. The number of nitrogens with two attached hydrogens (primary N) is 1. The predicted molar refractivity (Wildman–Crippen MR) is 59.6 cm³/mol. The smallest absolute Gasteiger partial charge is 0.354 e. The van der Waals surface area contributed by atoms with E-state index in [0.717, 1.165) is 12.0 Å². The third-order valence-corrected chi connectivity index (χ3v) is 2.57. The Morgan fingerprint density at radius 1 is 1.69 bits per heavy atom. The molecule has 0 saturated heterocycles. The summed E-state index contributed by atoms with van der Waals surface area (Å²) in [6.45, 7) is 1.99. The van der Waals surface area contributed by atoms with E-state index in [2.05, 4.69) is 10.1 Å². The zero-order chi connectivity index (χ0) is 11.7. The summed E-state index contributed by atoms with van der Waals surface area (Å²) in [5.41, 5.74) is 7.54. The van der Waals surface area contributed by atoms with Crippen LogP contribution in [-0.4, -0.2) is 28.3 Å². The molecule has 0 unspecified atom stereocenters. The van der Waals surface area contributed by atoms with E-state index in [1.165, 1.54) is 11.3 Å². The van der Waals surface area contributed by atoms with Gasteiger partial charge in [-0.05, 0) is 24.5 Å². The largest absolute Gasteiger partial charge is 0.477 e. The van der Waals surface area contributed by atoms with Gasteiger partial charge in [-0.15, -0.1) is 0 Å². The molecule has 6 nitrogen and oxygen atoms in total. The average molecular weight is 220 g/mol. The monoisotopic (exact) mass is 220 g/mol. The highest BCUT2D eigenvalue weighted by molar-refractivity contribution is 6.04. The van der Waals surface area contributed by atoms with E-state index in [9.17, 15) is 4.79 Å². The number of hydrazone groups is 1. The molecule has 0 amide bonds. The lowest BCUT2D eigenvalue weighted by Gasteiger charge is -2.29. The molecule has 84 valence electrons. The molecule has 0 aliphatic carbocycles. The molecule has 2 aliphatic heterocycles. The first kappa shape index (κ1) is 10.4. The normalized spacial score (nSPS) is 19.2. The number of fused-ring (bicyclic) bond motifs is 1. The zero-order valence-electron chi connectivity index (χ0n) is 8.84. The molecular weight excluding hydrogens is 208 g/mol. The zero-order valence-corrected chi connectivity index (χ0v) is 8.84. The minimum Gasteiger partial charge on any atom is -0.477 e. The van der Waals surface area contributed by atoms with Gasteiger partial charge in [0.1, 0.15) is 17.7 Å². The van der Waals surface area contributed by atoms with Crippen LogP contribution in [0.5, 0.6) is 0 Å². The van der Waals surface area contributed by atoms with Gasteiger partial charge in [0.05, 0.1) is 0 Å². The van der Waals surface area contributed by atoms with Crippen LogP contribution in [0.25, 0.3) is 0 Å². The summed E-state index contributed by atoms with van der Waals surface area (Å²) in [5, 5.41) is 14.3. The maximum atomic E-state index is 11.0. The second-order valence-corrected chi connectivity index (χ2v) is 3.46. The van der Waals surface area contributed by atoms with Crippen LogP contribution >= 0.6 is 0 Å². The number of hydrogen-bond acceptors (Lipinski definition) is 5. The lowest BCUT2D eigenvalue weighted by Crippen LogP contribution is -2.35. The van der Waals surface area contributed by atoms with Crippen molar-refractivity contribution in [1.82, 2.24) is 5.01 Å². The number of carbonyl (C=O) groups is 1. The Morgan fingerprint density at radius 3 is 3.06 bits per heavy atom. The van der Waals surface area contributed by atoms with Gasteiger partial charge in [-0.2, -0.15) is 5.10 Å². The Balaban J connectivity index is 2.48. The Kier molecular flexibility index (Phi) is 2.47. The Labute approximate surface area is 92.4 Å². The molecule has 0 radical (unpaired) electrons. The lowest BCUT2D eigenvalue weighted by atomic mass is 10.0. The first-order valence-corrected chi connectivity index (χ1v) is 4.96. The lowest BCUT2D eigenvalue weighted by molar-refractivity contribution is -0.134. The number of carboxylic acids is 1. The molecule has 0 aromatic carbocycles. The number of carboxylic acid groups (broad SMARTS) is 1. The SMILES string of the molecule is CCC1=C2C(N)=NC=NN2C(C(=O)O)=CC1. The highest BCUT2D eigenvalue weighted by Crippen LogP contribution is 2.29. The van der Waals surface area contributed by atoms with E-state index in [1.54, 1.807) is 6.08 Å². The van der Waals surface area contributed by atoms with Crippen molar-refractivity contribution in [3.05, 3.63) is 23.0 Å². The maximum Gasteiger partial charge on any atom is 0.354 e. The number of aliphatic imine (C=N–C) groups is 1. The Morgan fingerprint density at radius 2 is 2.44 bits per heavy atom. The van der Waals surface area contributed by atoms with Crippen molar-refractivity contribution in [2.45, 2.75) is 19.8 Å². The summed E-state index contributed by atoms with van der Waals surface area (Å²) in [6, 6.07) is 0. The van der Waals surface area contributed by atoms with E-state index in [-0.39, 0.29) is 5.70 Å². The first-order valence-electron chi connectivity index (χ1n) is 4.96. The molecular formula is C10H12N4O2. The van der Waals surface area contributed by atoms with E-state index in [0.29, 0.717) is 18.0 Å². The van der Waals surface area contributed by atoms with Gasteiger partial charge in [-0.25, -0.2) is 14.8 Å². The minimum absolute atomic E-state index is 0.126. The summed E-state index contributed by atoms with van der Waals surface area (Å²) in [5.74, 6) is -0.696. The van der Waals surface area contributed by atoms with Crippen LogP contribution < -0.4 is 5.73 Å². The highest BCUT2D eigenvalue weighted by Gasteiger charge is 2.29. The fraction of sp³-hybridized carbons (Fsp3) is 0.300. The summed E-state index contributed by atoms with van der Waals surface area (Å²) >= 11 is 0. The van der Waals surface area contributed by atoms with Crippen molar-refractivity contribution in [3.8, 4) is 0 Å². The second-order valence-electron chi connectivity index (χ2n) is 3.46. The summed E-state index contributed by atoms with van der Waals surface area (Å²) < 4.78 is 0. The number of nitrogens with zero attached hydrogens (tertiary/aromatic N) is 3. The molecule has 2 aliphatic rings. The molecule has 6 heteroatoms. The topological polar surface area (TPSA) is 91.3 Å². The van der Waals surface area contributed by atoms with E-state index in [1.807, 2.05) is 6.92 Å². The number of hydrogen-bond donors (Lipinski definition) is 2.